The van der Waals surface area contributed by atoms with Gasteiger partial charge in [-0.25, -0.2) is 4.98 Å². The number of nitrogens with one attached hydrogen (secondary N) is 1. The lowest BCUT2D eigenvalue weighted by molar-refractivity contribution is -0.384. The van der Waals surface area contributed by atoms with E-state index in [0.717, 1.165) is 6.07 Å². The van der Waals surface area contributed by atoms with Crippen LogP contribution in [0, 0.1) is 10.1 Å². The van der Waals surface area contributed by atoms with Crippen LogP contribution in [0.15, 0.2) is 41.8 Å². The van der Waals surface area contributed by atoms with Crippen LogP contribution in [0.2, 0.25) is 15.1 Å². The molecular weight excluding hydrogens is 421 g/mol. The molecule has 1 amide bonds. The Bertz CT molecular complexity index is 1020. The van der Waals surface area contributed by atoms with Gasteiger partial charge in [-0.15, -0.1) is 11.3 Å². The van der Waals surface area contributed by atoms with Crippen LogP contribution < -0.4 is 5.32 Å². The lowest BCUT2D eigenvalue weighted by Crippen LogP contribution is -2.12. The minimum absolute atomic E-state index is 0.0219. The Morgan fingerprint density at radius 2 is 1.88 bits per heavy atom. The number of rotatable bonds is 4. The Kier molecular flexibility index (Phi) is 5.43. The van der Waals surface area contributed by atoms with Gasteiger partial charge in [-0.3, -0.25) is 20.2 Å². The molecule has 1 heterocycles. The summed E-state index contributed by atoms with van der Waals surface area (Å²) in [6.45, 7) is 0. The number of hydrogen-bond acceptors (Lipinski definition) is 5. The number of carbonyl (C=O) groups is 1. The molecule has 10 heteroatoms. The molecule has 3 aromatic rings. The molecule has 0 radical (unpaired) electrons. The summed E-state index contributed by atoms with van der Waals surface area (Å²) in [6.07, 6.45) is 0. The van der Waals surface area contributed by atoms with Gasteiger partial charge in [0, 0.05) is 28.1 Å². The summed E-state index contributed by atoms with van der Waals surface area (Å²) in [4.78, 5) is 26.8. The molecule has 0 saturated carbocycles. The van der Waals surface area contributed by atoms with Gasteiger partial charge in [0.1, 0.15) is 0 Å². The number of carbonyl (C=O) groups excluding carboxylic acids is 1. The Balaban J connectivity index is 1.82. The van der Waals surface area contributed by atoms with E-state index in [0.29, 0.717) is 26.4 Å². The van der Waals surface area contributed by atoms with E-state index in [1.165, 1.54) is 23.5 Å². The van der Waals surface area contributed by atoms with E-state index in [-0.39, 0.29) is 16.3 Å². The molecule has 26 heavy (non-hydrogen) atoms. The highest BCUT2D eigenvalue weighted by molar-refractivity contribution is 7.14. The quantitative estimate of drug-likeness (QED) is 0.412. The molecular formula is C16H8Cl3N3O3S. The number of nitro groups is 1. The molecule has 0 saturated heterocycles. The van der Waals surface area contributed by atoms with Crippen molar-refractivity contribution in [2.45, 2.75) is 0 Å². The normalized spacial score (nSPS) is 10.6. The third kappa shape index (κ3) is 3.96. The summed E-state index contributed by atoms with van der Waals surface area (Å²) in [5, 5.41) is 16.4. The molecule has 0 bridgehead atoms. The molecule has 132 valence electrons. The monoisotopic (exact) mass is 427 g/mol. The summed E-state index contributed by atoms with van der Waals surface area (Å²) in [7, 11) is 0. The number of hydrogen-bond donors (Lipinski definition) is 1. The van der Waals surface area contributed by atoms with Crippen molar-refractivity contribution in [2.75, 3.05) is 5.32 Å². The zero-order chi connectivity index (χ0) is 18.8. The number of amides is 1. The van der Waals surface area contributed by atoms with Gasteiger partial charge >= 0.3 is 0 Å². The summed E-state index contributed by atoms with van der Waals surface area (Å²) in [5.74, 6) is -0.525. The Hall–Kier alpha value is -2.19. The summed E-state index contributed by atoms with van der Waals surface area (Å²) >= 11 is 19.3. The number of benzene rings is 2. The first-order valence-corrected chi connectivity index (χ1v) is 9.03. The van der Waals surface area contributed by atoms with E-state index in [9.17, 15) is 14.9 Å². The van der Waals surface area contributed by atoms with Gasteiger partial charge in [0.25, 0.3) is 11.6 Å². The average molecular weight is 429 g/mol. The standard InChI is InChI=1S/C16H8Cl3N3O3S/c17-8-1-4-12(18)11(5-8)14-7-26-16(20-14)21-15(23)10-3-2-9(22(24)25)6-13(10)19/h1-7H,(H,20,21,23). The zero-order valence-electron chi connectivity index (χ0n) is 12.7. The number of halogens is 3. The van der Waals surface area contributed by atoms with E-state index in [2.05, 4.69) is 10.3 Å². The van der Waals surface area contributed by atoms with Gasteiger partial charge in [0.15, 0.2) is 5.13 Å². The second-order valence-corrected chi connectivity index (χ2v) is 7.15. The maximum atomic E-state index is 12.3. The molecule has 0 aliphatic rings. The van der Waals surface area contributed by atoms with Crippen LogP contribution in [0.25, 0.3) is 11.3 Å². The molecule has 0 fully saturated rings. The fourth-order valence-corrected chi connectivity index (χ4v) is 3.47. The fourth-order valence-electron chi connectivity index (χ4n) is 2.11. The Labute approximate surface area is 166 Å². The minimum Gasteiger partial charge on any atom is -0.298 e. The molecule has 0 aliphatic carbocycles. The lowest BCUT2D eigenvalue weighted by atomic mass is 10.2. The van der Waals surface area contributed by atoms with Crippen molar-refractivity contribution in [1.82, 2.24) is 4.98 Å². The molecule has 0 unspecified atom stereocenters. The smallest absolute Gasteiger partial charge is 0.270 e. The predicted molar refractivity (Wildman–Crippen MR) is 104 cm³/mol. The first-order valence-electron chi connectivity index (χ1n) is 7.01. The topological polar surface area (TPSA) is 85.1 Å². The van der Waals surface area contributed by atoms with Crippen LogP contribution in [-0.4, -0.2) is 15.8 Å². The third-order valence-corrected chi connectivity index (χ3v) is 4.97. The van der Waals surface area contributed by atoms with Crippen LogP contribution >= 0.6 is 46.1 Å². The van der Waals surface area contributed by atoms with Gasteiger partial charge in [0.05, 0.1) is 26.2 Å². The number of nitrogens with zero attached hydrogens (tertiary/aromatic N) is 2. The van der Waals surface area contributed by atoms with Crippen molar-refractivity contribution in [2.24, 2.45) is 0 Å². The first-order chi connectivity index (χ1) is 12.3. The van der Waals surface area contributed by atoms with Crippen LogP contribution in [-0.2, 0) is 0 Å². The van der Waals surface area contributed by atoms with E-state index < -0.39 is 10.8 Å². The molecule has 6 nitrogen and oxygen atoms in total. The molecule has 0 aliphatic heterocycles. The molecule has 1 N–H and O–H groups in total. The SMILES string of the molecule is O=C(Nc1nc(-c2cc(Cl)ccc2Cl)cs1)c1ccc([N+](=O)[O-])cc1Cl. The second kappa shape index (κ2) is 7.59. The number of aromatic nitrogens is 1. The average Bonchev–Trinajstić information content (AvgIpc) is 3.05. The van der Waals surface area contributed by atoms with E-state index in [1.54, 1.807) is 23.6 Å². The van der Waals surface area contributed by atoms with Gasteiger partial charge in [-0.2, -0.15) is 0 Å². The van der Waals surface area contributed by atoms with Gasteiger partial charge in [-0.1, -0.05) is 34.8 Å². The van der Waals surface area contributed by atoms with E-state index >= 15 is 0 Å². The second-order valence-electron chi connectivity index (χ2n) is 5.04. The van der Waals surface area contributed by atoms with Gasteiger partial charge in [-0.05, 0) is 24.3 Å². The van der Waals surface area contributed by atoms with E-state index in [4.69, 9.17) is 34.8 Å². The van der Waals surface area contributed by atoms with Gasteiger partial charge in [0.2, 0.25) is 0 Å². The van der Waals surface area contributed by atoms with Gasteiger partial charge < -0.3 is 0 Å². The summed E-state index contributed by atoms with van der Waals surface area (Å²) in [5.41, 5.74) is 1.12. The highest BCUT2D eigenvalue weighted by Gasteiger charge is 2.17. The van der Waals surface area contributed by atoms with Crippen molar-refractivity contribution >= 4 is 62.9 Å². The Morgan fingerprint density at radius 3 is 2.58 bits per heavy atom. The maximum absolute atomic E-state index is 12.3. The highest BCUT2D eigenvalue weighted by Crippen LogP contribution is 2.33. The van der Waals surface area contributed by atoms with Crippen molar-refractivity contribution in [3.05, 3.63) is 72.5 Å². The highest BCUT2D eigenvalue weighted by atomic mass is 35.5. The molecule has 0 atom stereocenters. The zero-order valence-corrected chi connectivity index (χ0v) is 15.8. The molecule has 1 aromatic heterocycles. The van der Waals surface area contributed by atoms with E-state index in [1.807, 2.05) is 0 Å². The van der Waals surface area contributed by atoms with Crippen molar-refractivity contribution < 1.29 is 9.72 Å². The largest absolute Gasteiger partial charge is 0.298 e. The van der Waals surface area contributed by atoms with Crippen LogP contribution in [0.3, 0.4) is 0 Å². The predicted octanol–water partition coefficient (Wildman–Crippen LogP) is 5.93. The Morgan fingerprint density at radius 1 is 1.12 bits per heavy atom. The molecule has 2 aromatic carbocycles. The maximum Gasteiger partial charge on any atom is 0.270 e. The van der Waals surface area contributed by atoms with Crippen LogP contribution in [0.4, 0.5) is 10.8 Å². The number of thiazole rings is 1. The number of anilines is 1. The number of nitro benzene ring substituents is 1. The lowest BCUT2D eigenvalue weighted by Gasteiger charge is -2.04. The van der Waals surface area contributed by atoms with Crippen molar-refractivity contribution in [3.63, 3.8) is 0 Å². The van der Waals surface area contributed by atoms with Crippen molar-refractivity contribution in [1.29, 1.82) is 0 Å². The third-order valence-electron chi connectivity index (χ3n) is 3.34. The fraction of sp³-hybridized carbons (Fsp3) is 0. The molecule has 0 spiro atoms. The van der Waals surface area contributed by atoms with Crippen LogP contribution in [0.5, 0.6) is 0 Å². The first kappa shape index (κ1) is 18.6. The molecule has 3 rings (SSSR count). The minimum atomic E-state index is -0.588. The summed E-state index contributed by atoms with van der Waals surface area (Å²) < 4.78 is 0. The van der Waals surface area contributed by atoms with Crippen LogP contribution in [0.1, 0.15) is 10.4 Å². The summed E-state index contributed by atoms with van der Waals surface area (Å²) in [6, 6.07) is 8.62. The van der Waals surface area contributed by atoms with Crippen molar-refractivity contribution in [3.8, 4) is 11.3 Å². The number of non-ortho nitro benzene ring substituents is 1.